The van der Waals surface area contributed by atoms with Crippen LogP contribution >= 0.6 is 23.2 Å². The molecule has 2 nitrogen and oxygen atoms in total. The highest BCUT2D eigenvalue weighted by Gasteiger charge is 2.17. The van der Waals surface area contributed by atoms with Crippen LogP contribution in [-0.4, -0.2) is 14.2 Å². The maximum Gasteiger partial charge on any atom is 0.123 e. The second-order valence-corrected chi connectivity index (χ2v) is 5.79. The van der Waals surface area contributed by atoms with Gasteiger partial charge in [0, 0.05) is 11.6 Å². The second-order valence-electron chi connectivity index (χ2n) is 5.00. The van der Waals surface area contributed by atoms with E-state index in [1.165, 1.54) is 5.56 Å². The van der Waals surface area contributed by atoms with Crippen LogP contribution in [0.2, 0.25) is 10.0 Å². The van der Waals surface area contributed by atoms with Crippen molar-refractivity contribution in [1.29, 1.82) is 0 Å². The first-order valence-electron chi connectivity index (χ1n) is 6.81. The van der Waals surface area contributed by atoms with E-state index in [4.69, 9.17) is 27.9 Å². The minimum Gasteiger partial charge on any atom is -0.496 e. The van der Waals surface area contributed by atoms with E-state index >= 15 is 0 Å². The van der Waals surface area contributed by atoms with Gasteiger partial charge >= 0.3 is 0 Å². The van der Waals surface area contributed by atoms with Gasteiger partial charge in [-0.2, -0.15) is 0 Å². The van der Waals surface area contributed by atoms with E-state index in [0.29, 0.717) is 10.0 Å². The van der Waals surface area contributed by atoms with Crippen molar-refractivity contribution >= 4 is 23.2 Å². The smallest absolute Gasteiger partial charge is 0.123 e. The van der Waals surface area contributed by atoms with Gasteiger partial charge in [0.2, 0.25) is 0 Å². The van der Waals surface area contributed by atoms with E-state index in [2.05, 4.69) is 24.4 Å². The molecule has 1 N–H and O–H groups in total. The summed E-state index contributed by atoms with van der Waals surface area (Å²) >= 11 is 12.4. The molecule has 0 spiro atoms. The summed E-state index contributed by atoms with van der Waals surface area (Å²) in [5.74, 6) is 0.882. The molecule has 0 saturated carbocycles. The van der Waals surface area contributed by atoms with E-state index in [0.717, 1.165) is 23.3 Å². The highest BCUT2D eigenvalue weighted by molar-refractivity contribution is 6.42. The first-order chi connectivity index (χ1) is 10.1. The molecule has 2 rings (SSSR count). The van der Waals surface area contributed by atoms with Crippen LogP contribution in [0.1, 0.15) is 22.7 Å². The molecule has 0 fully saturated rings. The van der Waals surface area contributed by atoms with Crippen molar-refractivity contribution in [3.05, 3.63) is 63.1 Å². The lowest BCUT2D eigenvalue weighted by Gasteiger charge is -2.20. The summed E-state index contributed by atoms with van der Waals surface area (Å²) in [7, 11) is 3.62. The van der Waals surface area contributed by atoms with E-state index in [1.54, 1.807) is 13.2 Å². The molecule has 0 amide bonds. The molecule has 0 aliphatic heterocycles. The van der Waals surface area contributed by atoms with Crippen molar-refractivity contribution in [3.63, 3.8) is 0 Å². The Morgan fingerprint density at radius 1 is 1.19 bits per heavy atom. The normalized spacial score (nSPS) is 12.2. The molecule has 1 atom stereocenters. The molecule has 0 radical (unpaired) electrons. The van der Waals surface area contributed by atoms with Gasteiger partial charge in [0.1, 0.15) is 5.75 Å². The van der Waals surface area contributed by atoms with Crippen molar-refractivity contribution in [2.24, 2.45) is 0 Å². The molecule has 2 aromatic rings. The summed E-state index contributed by atoms with van der Waals surface area (Å²) in [5.41, 5.74) is 3.30. The minimum absolute atomic E-state index is 0.108. The predicted molar refractivity (Wildman–Crippen MR) is 89.7 cm³/mol. The molecule has 0 heterocycles. The second kappa shape index (κ2) is 7.17. The average molecular weight is 324 g/mol. The van der Waals surface area contributed by atoms with Crippen LogP contribution in [0.3, 0.4) is 0 Å². The number of methoxy groups -OCH3 is 1. The number of hydrogen-bond acceptors (Lipinski definition) is 2. The molecule has 21 heavy (non-hydrogen) atoms. The van der Waals surface area contributed by atoms with Gasteiger partial charge in [-0.25, -0.2) is 0 Å². The summed E-state index contributed by atoms with van der Waals surface area (Å²) in [6, 6.07) is 12.0. The fraction of sp³-hybridized carbons (Fsp3) is 0.294. The molecule has 1 unspecified atom stereocenters. The molecule has 0 aliphatic rings. The topological polar surface area (TPSA) is 21.3 Å². The fourth-order valence-electron chi connectivity index (χ4n) is 2.40. The quantitative estimate of drug-likeness (QED) is 0.852. The van der Waals surface area contributed by atoms with Crippen LogP contribution in [0.5, 0.6) is 5.75 Å². The van der Waals surface area contributed by atoms with E-state index in [-0.39, 0.29) is 6.04 Å². The monoisotopic (exact) mass is 323 g/mol. The average Bonchev–Trinajstić information content (AvgIpc) is 2.49. The zero-order valence-corrected chi connectivity index (χ0v) is 13.9. The van der Waals surface area contributed by atoms with Gasteiger partial charge in [-0.1, -0.05) is 47.5 Å². The Kier molecular flexibility index (Phi) is 5.51. The number of hydrogen-bond donors (Lipinski definition) is 1. The zero-order chi connectivity index (χ0) is 15.4. The van der Waals surface area contributed by atoms with Crippen molar-refractivity contribution in [2.45, 2.75) is 19.4 Å². The summed E-state index contributed by atoms with van der Waals surface area (Å²) in [4.78, 5) is 0. The van der Waals surface area contributed by atoms with Crippen LogP contribution in [0.15, 0.2) is 36.4 Å². The fourth-order valence-corrected chi connectivity index (χ4v) is 2.80. The van der Waals surface area contributed by atoms with Crippen LogP contribution < -0.4 is 10.1 Å². The number of benzene rings is 2. The lowest BCUT2D eigenvalue weighted by atomic mass is 9.97. The Morgan fingerprint density at radius 2 is 1.95 bits per heavy atom. The third-order valence-corrected chi connectivity index (χ3v) is 4.43. The Labute approximate surface area is 136 Å². The van der Waals surface area contributed by atoms with Crippen LogP contribution in [-0.2, 0) is 6.42 Å². The molecule has 4 heteroatoms. The minimum atomic E-state index is 0.108. The summed E-state index contributed by atoms with van der Waals surface area (Å²) in [6.07, 6.45) is 0.745. The number of rotatable bonds is 5. The van der Waals surface area contributed by atoms with Crippen LogP contribution in [0, 0.1) is 6.92 Å². The van der Waals surface area contributed by atoms with Gasteiger partial charge in [0.25, 0.3) is 0 Å². The number of likely N-dealkylation sites (N-methyl/N-ethyl adjacent to an activating group) is 1. The molecule has 0 saturated heterocycles. The Morgan fingerprint density at radius 3 is 2.62 bits per heavy atom. The van der Waals surface area contributed by atoms with Gasteiger partial charge in [-0.15, -0.1) is 0 Å². The molecular formula is C17H19Cl2NO. The van der Waals surface area contributed by atoms with Gasteiger partial charge < -0.3 is 10.1 Å². The van der Waals surface area contributed by atoms with E-state index in [9.17, 15) is 0 Å². The van der Waals surface area contributed by atoms with Gasteiger partial charge in [-0.3, -0.25) is 0 Å². The highest BCUT2D eigenvalue weighted by atomic mass is 35.5. The SMILES string of the molecule is CNC(Cc1cccc(Cl)c1Cl)c1ccc(C)cc1OC. The molecule has 112 valence electrons. The largest absolute Gasteiger partial charge is 0.496 e. The van der Waals surface area contributed by atoms with Gasteiger partial charge in [0.05, 0.1) is 17.2 Å². The standard InChI is InChI=1S/C17H19Cl2NO/c1-11-7-8-13(16(9-11)21-3)15(20-2)10-12-5-4-6-14(18)17(12)19/h4-9,15,20H,10H2,1-3H3. The number of aryl methyl sites for hydroxylation is 1. The number of ether oxygens (including phenoxy) is 1. The van der Waals surface area contributed by atoms with E-state index < -0.39 is 0 Å². The first kappa shape index (κ1) is 16.2. The predicted octanol–water partition coefficient (Wildman–Crippen LogP) is 4.81. The summed E-state index contributed by atoms with van der Waals surface area (Å²) in [5, 5.41) is 4.53. The lowest BCUT2D eigenvalue weighted by molar-refractivity contribution is 0.401. The summed E-state index contributed by atoms with van der Waals surface area (Å²) in [6.45, 7) is 2.05. The number of halogens is 2. The van der Waals surface area contributed by atoms with Crippen LogP contribution in [0.4, 0.5) is 0 Å². The Hall–Kier alpha value is -1.22. The molecular weight excluding hydrogens is 305 g/mol. The summed E-state index contributed by atoms with van der Waals surface area (Å²) < 4.78 is 5.50. The molecule has 0 bridgehead atoms. The van der Waals surface area contributed by atoms with Gasteiger partial charge in [-0.05, 0) is 43.7 Å². The molecule has 0 aromatic heterocycles. The maximum atomic E-state index is 6.29. The highest BCUT2D eigenvalue weighted by Crippen LogP contribution is 2.32. The van der Waals surface area contributed by atoms with Crippen molar-refractivity contribution in [1.82, 2.24) is 5.32 Å². The Bertz CT molecular complexity index is 628. The lowest BCUT2D eigenvalue weighted by Crippen LogP contribution is -2.19. The Balaban J connectivity index is 2.34. The number of nitrogens with one attached hydrogen (secondary N) is 1. The van der Waals surface area contributed by atoms with Crippen molar-refractivity contribution in [2.75, 3.05) is 14.2 Å². The van der Waals surface area contributed by atoms with Gasteiger partial charge in [0.15, 0.2) is 0 Å². The molecule has 2 aromatic carbocycles. The third-order valence-electron chi connectivity index (χ3n) is 3.57. The zero-order valence-electron chi connectivity index (χ0n) is 12.4. The first-order valence-corrected chi connectivity index (χ1v) is 7.57. The van der Waals surface area contributed by atoms with Crippen LogP contribution in [0.25, 0.3) is 0 Å². The van der Waals surface area contributed by atoms with E-state index in [1.807, 2.05) is 25.2 Å². The maximum absolute atomic E-state index is 6.29. The van der Waals surface area contributed by atoms with Crippen molar-refractivity contribution < 1.29 is 4.74 Å². The van der Waals surface area contributed by atoms with Crippen molar-refractivity contribution in [3.8, 4) is 5.75 Å². The third kappa shape index (κ3) is 3.70. The molecule has 0 aliphatic carbocycles.